The monoisotopic (exact) mass is 228 g/mol. The molecule has 0 atom stereocenters. The fourth-order valence-electron chi connectivity index (χ4n) is 0.897. The maximum atomic E-state index is 11.3. The molecular weight excluding hydrogens is 208 g/mol. The van der Waals surface area contributed by atoms with Crippen molar-refractivity contribution < 1.29 is 19.1 Å². The normalized spacial score (nSPS) is 10.8. The molecule has 0 rings (SSSR count). The summed E-state index contributed by atoms with van der Waals surface area (Å²) in [7, 11) is 0. The molecule has 0 fully saturated rings. The number of hydrogen-bond acceptors (Lipinski definition) is 4. The molecule has 0 aliphatic carbocycles. The van der Waals surface area contributed by atoms with Gasteiger partial charge in [0.1, 0.15) is 13.2 Å². The third-order valence-electron chi connectivity index (χ3n) is 1.60. The zero-order valence-electron chi connectivity index (χ0n) is 10.5. The Morgan fingerprint density at radius 3 is 2.06 bits per heavy atom. The van der Waals surface area contributed by atoms with E-state index in [1.54, 1.807) is 6.92 Å². The molecule has 0 saturated carbocycles. The second kappa shape index (κ2) is 6.30. The van der Waals surface area contributed by atoms with E-state index in [1.165, 1.54) is 0 Å². The van der Waals surface area contributed by atoms with E-state index in [4.69, 9.17) is 9.47 Å². The molecule has 0 N–H and O–H groups in total. The summed E-state index contributed by atoms with van der Waals surface area (Å²) >= 11 is 0. The Bertz CT molecular complexity index is 273. The van der Waals surface area contributed by atoms with Crippen LogP contribution >= 0.6 is 0 Å². The molecule has 0 bridgehead atoms. The number of esters is 2. The van der Waals surface area contributed by atoms with E-state index < -0.39 is 5.97 Å². The van der Waals surface area contributed by atoms with Crippen molar-refractivity contribution in [2.24, 2.45) is 5.41 Å². The standard InChI is InChI=1S/C12H20O4/c1-9(2)11(14)16-7-6-15-10(13)8-12(3,4)5/h1,6-8H2,2-5H3. The van der Waals surface area contributed by atoms with Crippen molar-refractivity contribution >= 4 is 11.9 Å². The van der Waals surface area contributed by atoms with Crippen LogP contribution in [0.15, 0.2) is 12.2 Å². The lowest BCUT2D eigenvalue weighted by Gasteiger charge is -2.16. The Morgan fingerprint density at radius 2 is 1.62 bits per heavy atom. The average Bonchev–Trinajstić information content (AvgIpc) is 2.08. The maximum absolute atomic E-state index is 11.3. The molecule has 92 valence electrons. The summed E-state index contributed by atoms with van der Waals surface area (Å²) in [4.78, 5) is 22.2. The average molecular weight is 228 g/mol. The summed E-state index contributed by atoms with van der Waals surface area (Å²) in [6.07, 6.45) is 0.349. The van der Waals surface area contributed by atoms with Crippen molar-refractivity contribution in [2.75, 3.05) is 13.2 Å². The number of ether oxygens (including phenoxy) is 2. The van der Waals surface area contributed by atoms with Crippen LogP contribution in [-0.4, -0.2) is 25.2 Å². The zero-order chi connectivity index (χ0) is 12.8. The van der Waals surface area contributed by atoms with Crippen LogP contribution in [0.3, 0.4) is 0 Å². The highest BCUT2D eigenvalue weighted by Gasteiger charge is 2.16. The van der Waals surface area contributed by atoms with Gasteiger partial charge in [0.25, 0.3) is 0 Å². The van der Waals surface area contributed by atoms with E-state index in [9.17, 15) is 9.59 Å². The molecule has 0 spiro atoms. The predicted molar refractivity (Wildman–Crippen MR) is 60.8 cm³/mol. The van der Waals surface area contributed by atoms with Gasteiger partial charge in [0, 0.05) is 5.57 Å². The predicted octanol–water partition coefficient (Wildman–Crippen LogP) is 2.09. The van der Waals surface area contributed by atoms with Crippen LogP contribution < -0.4 is 0 Å². The highest BCUT2D eigenvalue weighted by molar-refractivity contribution is 5.86. The van der Waals surface area contributed by atoms with Gasteiger partial charge >= 0.3 is 11.9 Å². The zero-order valence-corrected chi connectivity index (χ0v) is 10.5. The van der Waals surface area contributed by atoms with Gasteiger partial charge in [-0.05, 0) is 12.3 Å². The van der Waals surface area contributed by atoms with Crippen LogP contribution in [0.2, 0.25) is 0 Å². The van der Waals surface area contributed by atoms with Crippen molar-refractivity contribution in [2.45, 2.75) is 34.1 Å². The molecule has 4 nitrogen and oxygen atoms in total. The first-order valence-corrected chi connectivity index (χ1v) is 5.20. The molecule has 16 heavy (non-hydrogen) atoms. The van der Waals surface area contributed by atoms with E-state index in [1.807, 2.05) is 20.8 Å². The summed E-state index contributed by atoms with van der Waals surface area (Å²) in [6, 6.07) is 0. The van der Waals surface area contributed by atoms with Crippen molar-refractivity contribution in [1.29, 1.82) is 0 Å². The third kappa shape index (κ3) is 8.03. The van der Waals surface area contributed by atoms with Crippen LogP contribution in [0.1, 0.15) is 34.1 Å². The molecule has 0 amide bonds. The van der Waals surface area contributed by atoms with Gasteiger partial charge in [-0.3, -0.25) is 4.79 Å². The Morgan fingerprint density at radius 1 is 1.12 bits per heavy atom. The van der Waals surface area contributed by atoms with Gasteiger partial charge in [0.15, 0.2) is 0 Å². The second-order valence-corrected chi connectivity index (χ2v) is 4.87. The molecule has 0 unspecified atom stereocenters. The Labute approximate surface area is 96.6 Å². The molecule has 0 radical (unpaired) electrons. The minimum absolute atomic E-state index is 0.0710. The van der Waals surface area contributed by atoms with Gasteiger partial charge in [-0.25, -0.2) is 4.79 Å². The van der Waals surface area contributed by atoms with Gasteiger partial charge in [0.05, 0.1) is 6.42 Å². The van der Waals surface area contributed by atoms with Crippen LogP contribution in [0, 0.1) is 5.41 Å². The second-order valence-electron chi connectivity index (χ2n) is 4.87. The van der Waals surface area contributed by atoms with Crippen LogP contribution in [0.4, 0.5) is 0 Å². The van der Waals surface area contributed by atoms with E-state index in [0.29, 0.717) is 12.0 Å². The van der Waals surface area contributed by atoms with Crippen molar-refractivity contribution in [3.63, 3.8) is 0 Å². The number of hydrogen-bond donors (Lipinski definition) is 0. The Hall–Kier alpha value is -1.32. The highest BCUT2D eigenvalue weighted by atomic mass is 16.6. The van der Waals surface area contributed by atoms with Gasteiger partial charge in [0.2, 0.25) is 0 Å². The fraction of sp³-hybridized carbons (Fsp3) is 0.667. The summed E-state index contributed by atoms with van der Waals surface area (Å²) in [6.45, 7) is 11.0. The van der Waals surface area contributed by atoms with Gasteiger partial charge in [-0.2, -0.15) is 0 Å². The third-order valence-corrected chi connectivity index (χ3v) is 1.60. The van der Waals surface area contributed by atoms with Crippen LogP contribution in [0.5, 0.6) is 0 Å². The smallest absolute Gasteiger partial charge is 0.333 e. The lowest BCUT2D eigenvalue weighted by atomic mass is 9.93. The fourth-order valence-corrected chi connectivity index (χ4v) is 0.897. The molecule has 0 saturated heterocycles. The van der Waals surface area contributed by atoms with Gasteiger partial charge in [-0.15, -0.1) is 0 Å². The molecule has 0 aromatic heterocycles. The van der Waals surface area contributed by atoms with E-state index >= 15 is 0 Å². The molecule has 0 aliphatic rings. The summed E-state index contributed by atoms with van der Waals surface area (Å²) in [5.41, 5.74) is 0.242. The minimum atomic E-state index is -0.466. The Kier molecular flexibility index (Phi) is 5.78. The van der Waals surface area contributed by atoms with E-state index in [2.05, 4.69) is 6.58 Å². The van der Waals surface area contributed by atoms with Crippen LogP contribution in [0.25, 0.3) is 0 Å². The van der Waals surface area contributed by atoms with Crippen LogP contribution in [-0.2, 0) is 19.1 Å². The van der Waals surface area contributed by atoms with Crippen molar-refractivity contribution in [3.05, 3.63) is 12.2 Å². The lowest BCUT2D eigenvalue weighted by molar-refractivity contribution is -0.151. The summed E-state index contributed by atoms with van der Waals surface area (Å²) in [5, 5.41) is 0. The Balaban J connectivity index is 3.64. The molecule has 0 aromatic carbocycles. The first-order chi connectivity index (χ1) is 7.22. The van der Waals surface area contributed by atoms with Gasteiger partial charge in [-0.1, -0.05) is 27.4 Å². The number of carbonyl (C=O) groups is 2. The first kappa shape index (κ1) is 14.7. The van der Waals surface area contributed by atoms with Gasteiger partial charge < -0.3 is 9.47 Å². The maximum Gasteiger partial charge on any atom is 0.333 e. The lowest BCUT2D eigenvalue weighted by Crippen LogP contribution is -2.18. The topological polar surface area (TPSA) is 52.6 Å². The largest absolute Gasteiger partial charge is 0.462 e. The number of carbonyl (C=O) groups excluding carboxylic acids is 2. The minimum Gasteiger partial charge on any atom is -0.462 e. The number of rotatable bonds is 5. The van der Waals surface area contributed by atoms with Crippen molar-refractivity contribution in [3.8, 4) is 0 Å². The van der Waals surface area contributed by atoms with E-state index in [-0.39, 0.29) is 24.6 Å². The molecular formula is C12H20O4. The molecule has 4 heteroatoms. The quantitative estimate of drug-likeness (QED) is 0.411. The SMILES string of the molecule is C=C(C)C(=O)OCCOC(=O)CC(C)(C)C. The first-order valence-electron chi connectivity index (χ1n) is 5.20. The molecule has 0 aliphatic heterocycles. The highest BCUT2D eigenvalue weighted by Crippen LogP contribution is 2.18. The summed E-state index contributed by atoms with van der Waals surface area (Å²) in [5.74, 6) is -0.745. The van der Waals surface area contributed by atoms with E-state index in [0.717, 1.165) is 0 Å². The van der Waals surface area contributed by atoms with Crippen molar-refractivity contribution in [1.82, 2.24) is 0 Å². The summed E-state index contributed by atoms with van der Waals surface area (Å²) < 4.78 is 9.67. The molecule has 0 heterocycles. The molecule has 0 aromatic rings.